The lowest BCUT2D eigenvalue weighted by atomic mass is 10.2. The topological polar surface area (TPSA) is 59.1 Å². The van der Waals surface area contributed by atoms with Crippen molar-refractivity contribution < 1.29 is 4.74 Å². The zero-order valence-corrected chi connectivity index (χ0v) is 8.55. The first-order chi connectivity index (χ1) is 6.68. The number of amidine groups is 1. The molecule has 0 aliphatic carbocycles. The van der Waals surface area contributed by atoms with Gasteiger partial charge in [0.1, 0.15) is 12.4 Å². The molecule has 76 valence electrons. The molecule has 1 aromatic rings. The van der Waals surface area contributed by atoms with Gasteiger partial charge in [0.05, 0.1) is 6.61 Å². The van der Waals surface area contributed by atoms with Crippen LogP contribution >= 0.6 is 11.6 Å². The molecule has 3 nitrogen and oxygen atoms in total. The molecule has 3 N–H and O–H groups in total. The van der Waals surface area contributed by atoms with E-state index in [1.165, 1.54) is 0 Å². The number of rotatable bonds is 5. The highest BCUT2D eigenvalue weighted by atomic mass is 35.5. The first-order valence-corrected chi connectivity index (χ1v) is 4.71. The molecule has 0 spiro atoms. The molecule has 0 amide bonds. The maximum Gasteiger partial charge on any atom is 0.117 e. The molecular weight excluding hydrogens is 200 g/mol. The number of nitrogens with two attached hydrogens (primary N) is 1. The van der Waals surface area contributed by atoms with Crippen molar-refractivity contribution in [2.75, 3.05) is 13.2 Å². The Kier molecular flexibility index (Phi) is 4.43. The van der Waals surface area contributed by atoms with Gasteiger partial charge in [-0.3, -0.25) is 5.41 Å². The quantitative estimate of drug-likeness (QED) is 0.445. The van der Waals surface area contributed by atoms with Crippen molar-refractivity contribution in [2.24, 2.45) is 5.73 Å². The zero-order valence-electron chi connectivity index (χ0n) is 7.79. The number of hydrogen-bond acceptors (Lipinski definition) is 2. The molecule has 0 aliphatic heterocycles. The Morgan fingerprint density at radius 1 is 1.36 bits per heavy atom. The van der Waals surface area contributed by atoms with Gasteiger partial charge in [-0.1, -0.05) is 23.7 Å². The average molecular weight is 213 g/mol. The van der Waals surface area contributed by atoms with E-state index in [2.05, 4.69) is 0 Å². The molecule has 14 heavy (non-hydrogen) atoms. The molecule has 0 heterocycles. The third-order valence-electron chi connectivity index (χ3n) is 1.71. The summed E-state index contributed by atoms with van der Waals surface area (Å²) < 4.78 is 5.15. The summed E-state index contributed by atoms with van der Waals surface area (Å²) in [6, 6.07) is 7.61. The number of halogens is 1. The van der Waals surface area contributed by atoms with Gasteiger partial charge < -0.3 is 10.5 Å². The molecule has 0 saturated heterocycles. The second kappa shape index (κ2) is 5.62. The second-order valence-corrected chi connectivity index (χ2v) is 3.39. The van der Waals surface area contributed by atoms with Crippen LogP contribution in [0.1, 0.15) is 5.56 Å². The molecule has 0 aromatic heterocycles. The van der Waals surface area contributed by atoms with Crippen molar-refractivity contribution in [3.63, 3.8) is 0 Å². The third kappa shape index (κ3) is 4.25. The van der Waals surface area contributed by atoms with E-state index in [1.807, 2.05) is 24.3 Å². The van der Waals surface area contributed by atoms with Crippen LogP contribution in [-0.4, -0.2) is 19.0 Å². The van der Waals surface area contributed by atoms with Crippen LogP contribution in [-0.2, 0) is 11.2 Å². The molecule has 0 aliphatic rings. The van der Waals surface area contributed by atoms with Crippen LogP contribution in [0.4, 0.5) is 0 Å². The van der Waals surface area contributed by atoms with E-state index >= 15 is 0 Å². The third-order valence-corrected chi connectivity index (χ3v) is 1.96. The van der Waals surface area contributed by atoms with Gasteiger partial charge >= 0.3 is 0 Å². The lowest BCUT2D eigenvalue weighted by Crippen LogP contribution is -2.18. The predicted molar refractivity (Wildman–Crippen MR) is 57.9 cm³/mol. The first-order valence-electron chi connectivity index (χ1n) is 4.33. The maximum absolute atomic E-state index is 6.94. The molecular formula is C10H13ClN2O. The van der Waals surface area contributed by atoms with Gasteiger partial charge in [0.25, 0.3) is 0 Å². The van der Waals surface area contributed by atoms with Crippen LogP contribution in [0.15, 0.2) is 24.3 Å². The second-order valence-electron chi connectivity index (χ2n) is 2.95. The summed E-state index contributed by atoms with van der Waals surface area (Å²) in [7, 11) is 0. The monoisotopic (exact) mass is 212 g/mol. The summed E-state index contributed by atoms with van der Waals surface area (Å²) in [5.74, 6) is 0.0566. The Morgan fingerprint density at radius 2 is 2.00 bits per heavy atom. The van der Waals surface area contributed by atoms with E-state index in [4.69, 9.17) is 27.5 Å². The van der Waals surface area contributed by atoms with Crippen molar-refractivity contribution in [3.8, 4) is 0 Å². The standard InChI is InChI=1S/C10H13ClN2O/c11-9-3-1-8(2-4-9)5-6-14-7-10(12)13/h1-4H,5-7H2,(H3,12,13). The van der Waals surface area contributed by atoms with Crippen LogP contribution < -0.4 is 5.73 Å². The summed E-state index contributed by atoms with van der Waals surface area (Å²) in [4.78, 5) is 0. The summed E-state index contributed by atoms with van der Waals surface area (Å²) in [6.07, 6.45) is 0.810. The molecule has 0 unspecified atom stereocenters. The summed E-state index contributed by atoms with van der Waals surface area (Å²) >= 11 is 5.74. The van der Waals surface area contributed by atoms with Gasteiger partial charge in [-0.15, -0.1) is 0 Å². The van der Waals surface area contributed by atoms with Crippen LogP contribution in [0.2, 0.25) is 5.02 Å². The molecule has 0 radical (unpaired) electrons. The van der Waals surface area contributed by atoms with Crippen molar-refractivity contribution in [1.29, 1.82) is 5.41 Å². The van der Waals surface area contributed by atoms with Gasteiger partial charge in [0, 0.05) is 5.02 Å². The molecule has 0 fully saturated rings. The number of benzene rings is 1. The van der Waals surface area contributed by atoms with E-state index in [9.17, 15) is 0 Å². The summed E-state index contributed by atoms with van der Waals surface area (Å²) in [6.45, 7) is 0.773. The van der Waals surface area contributed by atoms with Gasteiger partial charge in [0.15, 0.2) is 0 Å². The normalized spacial score (nSPS) is 10.1. The Morgan fingerprint density at radius 3 is 2.57 bits per heavy atom. The zero-order chi connectivity index (χ0) is 10.4. The van der Waals surface area contributed by atoms with Gasteiger partial charge in [-0.05, 0) is 24.1 Å². The molecule has 1 rings (SSSR count). The van der Waals surface area contributed by atoms with Crippen LogP contribution in [0.3, 0.4) is 0 Å². The van der Waals surface area contributed by atoms with Crippen molar-refractivity contribution in [1.82, 2.24) is 0 Å². The molecule has 0 atom stereocenters. The smallest absolute Gasteiger partial charge is 0.117 e. The number of ether oxygens (including phenoxy) is 1. The van der Waals surface area contributed by atoms with Gasteiger partial charge in [0.2, 0.25) is 0 Å². The Hall–Kier alpha value is -1.06. The van der Waals surface area contributed by atoms with Gasteiger partial charge in [-0.25, -0.2) is 0 Å². The fourth-order valence-electron chi connectivity index (χ4n) is 1.02. The highest BCUT2D eigenvalue weighted by Crippen LogP contribution is 2.09. The molecule has 0 bridgehead atoms. The Balaban J connectivity index is 2.25. The van der Waals surface area contributed by atoms with E-state index in [0.29, 0.717) is 6.61 Å². The van der Waals surface area contributed by atoms with E-state index in [0.717, 1.165) is 17.0 Å². The fourth-order valence-corrected chi connectivity index (χ4v) is 1.15. The Bertz CT molecular complexity index is 297. The highest BCUT2D eigenvalue weighted by Gasteiger charge is 1.94. The fraction of sp³-hybridized carbons (Fsp3) is 0.300. The minimum atomic E-state index is 0.0566. The van der Waals surface area contributed by atoms with Crippen molar-refractivity contribution >= 4 is 17.4 Å². The van der Waals surface area contributed by atoms with Crippen molar-refractivity contribution in [2.45, 2.75) is 6.42 Å². The van der Waals surface area contributed by atoms with Crippen LogP contribution in [0.5, 0.6) is 0 Å². The predicted octanol–water partition coefficient (Wildman–Crippen LogP) is 1.84. The minimum absolute atomic E-state index is 0.0566. The molecule has 4 heteroatoms. The Labute approximate surface area is 88.3 Å². The SMILES string of the molecule is N=C(N)COCCc1ccc(Cl)cc1. The number of nitrogens with one attached hydrogen (secondary N) is 1. The van der Waals surface area contributed by atoms with Gasteiger partial charge in [-0.2, -0.15) is 0 Å². The maximum atomic E-state index is 6.94. The molecule has 0 saturated carbocycles. The number of hydrogen-bond donors (Lipinski definition) is 2. The lowest BCUT2D eigenvalue weighted by molar-refractivity contribution is 0.174. The van der Waals surface area contributed by atoms with Crippen molar-refractivity contribution in [3.05, 3.63) is 34.9 Å². The molecule has 1 aromatic carbocycles. The minimum Gasteiger partial charge on any atom is -0.386 e. The summed E-state index contributed by atoms with van der Waals surface area (Å²) in [5, 5.41) is 7.68. The van der Waals surface area contributed by atoms with E-state index in [1.54, 1.807) is 0 Å². The van der Waals surface area contributed by atoms with Crippen LogP contribution in [0, 0.1) is 5.41 Å². The first kappa shape index (κ1) is 11.0. The largest absolute Gasteiger partial charge is 0.386 e. The lowest BCUT2D eigenvalue weighted by Gasteiger charge is -2.03. The highest BCUT2D eigenvalue weighted by molar-refractivity contribution is 6.30. The average Bonchev–Trinajstić information content (AvgIpc) is 2.15. The van der Waals surface area contributed by atoms with E-state index in [-0.39, 0.29) is 12.4 Å². The summed E-state index contributed by atoms with van der Waals surface area (Å²) in [5.41, 5.74) is 6.30. The van der Waals surface area contributed by atoms with E-state index < -0.39 is 0 Å². The van der Waals surface area contributed by atoms with Crippen LogP contribution in [0.25, 0.3) is 0 Å².